The van der Waals surface area contributed by atoms with Crippen LogP contribution in [0.1, 0.15) is 26.2 Å². The molecule has 8 heteroatoms. The molecule has 0 saturated carbocycles. The van der Waals surface area contributed by atoms with Crippen LogP contribution in [0.5, 0.6) is 0 Å². The van der Waals surface area contributed by atoms with Gasteiger partial charge in [-0.2, -0.15) is 11.8 Å². The van der Waals surface area contributed by atoms with Crippen LogP contribution in [-0.2, 0) is 14.2 Å². The van der Waals surface area contributed by atoms with Crippen LogP contribution in [0.15, 0.2) is 4.99 Å². The molecule has 0 aromatic heterocycles. The lowest BCUT2D eigenvalue weighted by Gasteiger charge is -2.36. The molecule has 24 heavy (non-hydrogen) atoms. The molecule has 2 rings (SSSR count). The van der Waals surface area contributed by atoms with E-state index in [1.807, 2.05) is 18.8 Å². The van der Waals surface area contributed by atoms with Gasteiger partial charge in [-0.1, -0.05) is 0 Å². The van der Waals surface area contributed by atoms with E-state index in [1.165, 1.54) is 0 Å². The van der Waals surface area contributed by atoms with Gasteiger partial charge in [0.25, 0.3) is 0 Å². The number of halogens is 1. The summed E-state index contributed by atoms with van der Waals surface area (Å²) in [5, 5.41) is 6.88. The number of nitrogens with zero attached hydrogens (tertiary/aromatic N) is 1. The number of thioether (sulfide) groups is 1. The minimum absolute atomic E-state index is 0. The first-order valence-corrected chi connectivity index (χ1v) is 9.69. The van der Waals surface area contributed by atoms with E-state index in [4.69, 9.17) is 14.2 Å². The summed E-state index contributed by atoms with van der Waals surface area (Å²) in [5.74, 6) is 0.837. The third kappa shape index (κ3) is 7.23. The molecule has 0 amide bonds. The van der Waals surface area contributed by atoms with Crippen LogP contribution in [0, 0.1) is 0 Å². The second kappa shape index (κ2) is 11.8. The molecule has 0 radical (unpaired) electrons. The second-order valence-corrected chi connectivity index (χ2v) is 7.56. The van der Waals surface area contributed by atoms with Gasteiger partial charge in [0.05, 0.1) is 19.3 Å². The van der Waals surface area contributed by atoms with Gasteiger partial charge >= 0.3 is 0 Å². The molecule has 0 spiro atoms. The van der Waals surface area contributed by atoms with Gasteiger partial charge in [-0.25, -0.2) is 0 Å². The van der Waals surface area contributed by atoms with Crippen molar-refractivity contribution in [2.24, 2.45) is 4.99 Å². The molecule has 0 aromatic rings. The minimum atomic E-state index is 0. The van der Waals surface area contributed by atoms with Crippen LogP contribution in [0.4, 0.5) is 0 Å². The van der Waals surface area contributed by atoms with E-state index in [2.05, 4.69) is 28.8 Å². The predicted molar refractivity (Wildman–Crippen MR) is 111 cm³/mol. The fraction of sp³-hybridized carbons (Fsp3) is 0.938. The Balaban J connectivity index is 0.00000288. The number of guanidine groups is 1. The van der Waals surface area contributed by atoms with Gasteiger partial charge in [0.1, 0.15) is 0 Å². The zero-order valence-electron chi connectivity index (χ0n) is 15.0. The molecule has 2 N–H and O–H groups in total. The van der Waals surface area contributed by atoms with Crippen LogP contribution in [-0.4, -0.2) is 75.7 Å². The Bertz CT molecular complexity index is 376. The highest BCUT2D eigenvalue weighted by Crippen LogP contribution is 2.32. The van der Waals surface area contributed by atoms with Crippen molar-refractivity contribution in [1.29, 1.82) is 0 Å². The van der Waals surface area contributed by atoms with Crippen molar-refractivity contribution in [3.05, 3.63) is 0 Å². The molecule has 0 bridgehead atoms. The first-order valence-electron chi connectivity index (χ1n) is 8.47. The number of nitrogens with one attached hydrogen (secondary N) is 2. The van der Waals surface area contributed by atoms with Crippen LogP contribution >= 0.6 is 35.7 Å². The number of ether oxygens (including phenoxy) is 3. The fourth-order valence-corrected chi connectivity index (χ4v) is 3.63. The Morgan fingerprint density at radius 1 is 1.33 bits per heavy atom. The lowest BCUT2D eigenvalue weighted by molar-refractivity contribution is 0.0347. The molecule has 2 heterocycles. The third-order valence-corrected chi connectivity index (χ3v) is 5.91. The molecule has 2 saturated heterocycles. The number of hydrogen-bond acceptors (Lipinski definition) is 5. The van der Waals surface area contributed by atoms with Gasteiger partial charge in [-0.3, -0.25) is 4.99 Å². The van der Waals surface area contributed by atoms with Gasteiger partial charge in [-0.05, 0) is 32.4 Å². The summed E-state index contributed by atoms with van der Waals surface area (Å²) in [7, 11) is 1.81. The highest BCUT2D eigenvalue weighted by Gasteiger charge is 2.31. The molecule has 2 aliphatic rings. The fourth-order valence-electron chi connectivity index (χ4n) is 2.84. The Morgan fingerprint density at radius 3 is 2.67 bits per heavy atom. The van der Waals surface area contributed by atoms with E-state index in [0.29, 0.717) is 6.61 Å². The largest absolute Gasteiger partial charge is 0.381 e. The molecule has 142 valence electrons. The summed E-state index contributed by atoms with van der Waals surface area (Å²) >= 11 is 1.93. The van der Waals surface area contributed by atoms with Gasteiger partial charge in [-0.15, -0.1) is 24.0 Å². The van der Waals surface area contributed by atoms with Crippen LogP contribution < -0.4 is 10.6 Å². The van der Waals surface area contributed by atoms with Crippen molar-refractivity contribution < 1.29 is 14.2 Å². The monoisotopic (exact) mass is 473 g/mol. The Morgan fingerprint density at radius 2 is 2.08 bits per heavy atom. The summed E-state index contributed by atoms with van der Waals surface area (Å²) in [4.78, 5) is 4.33. The average molecular weight is 473 g/mol. The number of rotatable bonds is 7. The Hall–Kier alpha value is 0.230. The van der Waals surface area contributed by atoms with Gasteiger partial charge < -0.3 is 24.8 Å². The van der Waals surface area contributed by atoms with Crippen molar-refractivity contribution in [1.82, 2.24) is 10.6 Å². The SMILES string of the molecule is CN=C(NCC1(SC)CCOCC1)NC(C)COC1CCOC1.I. The smallest absolute Gasteiger partial charge is 0.191 e. The average Bonchev–Trinajstić information content (AvgIpc) is 3.11. The molecule has 2 fully saturated rings. The van der Waals surface area contributed by atoms with Crippen LogP contribution in [0.2, 0.25) is 0 Å². The normalized spacial score (nSPS) is 25.0. The molecule has 0 aliphatic carbocycles. The Kier molecular flexibility index (Phi) is 10.9. The zero-order valence-corrected chi connectivity index (χ0v) is 18.2. The van der Waals surface area contributed by atoms with Gasteiger partial charge in [0, 0.05) is 44.2 Å². The van der Waals surface area contributed by atoms with E-state index in [9.17, 15) is 0 Å². The van der Waals surface area contributed by atoms with Crippen molar-refractivity contribution in [2.75, 3.05) is 52.9 Å². The number of hydrogen-bond donors (Lipinski definition) is 2. The zero-order chi connectivity index (χ0) is 16.5. The summed E-state index contributed by atoms with van der Waals surface area (Å²) in [5.41, 5.74) is 0. The van der Waals surface area contributed by atoms with Crippen molar-refractivity contribution >= 4 is 41.7 Å². The molecule has 2 aliphatic heterocycles. The molecule has 6 nitrogen and oxygen atoms in total. The van der Waals surface area contributed by atoms with E-state index >= 15 is 0 Å². The first kappa shape index (κ1) is 22.3. The molecular weight excluding hydrogens is 441 g/mol. The van der Waals surface area contributed by atoms with Crippen LogP contribution in [0.3, 0.4) is 0 Å². The van der Waals surface area contributed by atoms with Crippen LogP contribution in [0.25, 0.3) is 0 Å². The standard InChI is InChI=1S/C16H31N3O3S.HI/c1-13(10-22-14-4-7-21-11-14)19-15(17-2)18-12-16(23-3)5-8-20-9-6-16;/h13-14H,4-12H2,1-3H3,(H2,17,18,19);1H. The lowest BCUT2D eigenvalue weighted by Crippen LogP contribution is -2.50. The topological polar surface area (TPSA) is 64.1 Å². The summed E-state index contributed by atoms with van der Waals surface area (Å²) in [6.07, 6.45) is 5.59. The van der Waals surface area contributed by atoms with E-state index in [0.717, 1.165) is 58.2 Å². The highest BCUT2D eigenvalue weighted by atomic mass is 127. The molecular formula is C16H32IN3O3S. The molecule has 0 aromatic carbocycles. The van der Waals surface area contributed by atoms with Gasteiger partial charge in [0.15, 0.2) is 5.96 Å². The predicted octanol–water partition coefficient (Wildman–Crippen LogP) is 1.88. The summed E-state index contributed by atoms with van der Waals surface area (Å²) < 4.78 is 16.9. The highest BCUT2D eigenvalue weighted by molar-refractivity contribution is 14.0. The Labute approximate surface area is 167 Å². The van der Waals surface area contributed by atoms with E-state index < -0.39 is 0 Å². The van der Waals surface area contributed by atoms with Crippen molar-refractivity contribution in [3.63, 3.8) is 0 Å². The summed E-state index contributed by atoms with van der Waals surface area (Å²) in [6, 6.07) is 0.210. The summed E-state index contributed by atoms with van der Waals surface area (Å²) in [6.45, 7) is 6.91. The molecule has 2 atom stereocenters. The van der Waals surface area contributed by atoms with Gasteiger partial charge in [0.2, 0.25) is 0 Å². The van der Waals surface area contributed by atoms with Crippen molar-refractivity contribution in [2.45, 2.75) is 43.1 Å². The first-order chi connectivity index (χ1) is 11.2. The van der Waals surface area contributed by atoms with E-state index in [-0.39, 0.29) is 40.9 Å². The maximum absolute atomic E-state index is 5.85. The van der Waals surface area contributed by atoms with E-state index in [1.54, 1.807) is 0 Å². The number of aliphatic imine (C=N–C) groups is 1. The molecule has 2 unspecified atom stereocenters. The quantitative estimate of drug-likeness (QED) is 0.335. The maximum Gasteiger partial charge on any atom is 0.191 e. The minimum Gasteiger partial charge on any atom is -0.381 e. The van der Waals surface area contributed by atoms with Crippen molar-refractivity contribution in [3.8, 4) is 0 Å². The third-order valence-electron chi connectivity index (χ3n) is 4.49. The maximum atomic E-state index is 5.85. The lowest BCUT2D eigenvalue weighted by atomic mass is 9.99. The second-order valence-electron chi connectivity index (χ2n) is 6.29.